The van der Waals surface area contributed by atoms with E-state index in [1.54, 1.807) is 4.90 Å². The fourth-order valence-electron chi connectivity index (χ4n) is 1.21. The number of carbonyl (C=O) groups excluding carboxylic acids is 1. The zero-order chi connectivity index (χ0) is 11.5. The number of carbonyl (C=O) groups is 1. The van der Waals surface area contributed by atoms with Crippen molar-refractivity contribution in [2.75, 3.05) is 7.05 Å². The second-order valence-corrected chi connectivity index (χ2v) is 5.01. The molecule has 0 rings (SSSR count). The van der Waals surface area contributed by atoms with Gasteiger partial charge in [0.25, 0.3) is 0 Å². The van der Waals surface area contributed by atoms with Crippen molar-refractivity contribution in [1.29, 1.82) is 0 Å². The average molecular weight is 200 g/mol. The van der Waals surface area contributed by atoms with Gasteiger partial charge in [0.05, 0.1) is 6.04 Å². The number of nitrogens with two attached hydrogens (primary N) is 1. The number of hydrogen-bond donors (Lipinski definition) is 1. The zero-order valence-electron chi connectivity index (χ0n) is 10.3. The first kappa shape index (κ1) is 13.4. The number of nitrogens with zero attached hydrogens (tertiary/aromatic N) is 1. The minimum Gasteiger partial charge on any atom is -0.341 e. The van der Waals surface area contributed by atoms with E-state index in [0.717, 1.165) is 0 Å². The van der Waals surface area contributed by atoms with Gasteiger partial charge in [-0.2, -0.15) is 0 Å². The van der Waals surface area contributed by atoms with E-state index in [9.17, 15) is 4.79 Å². The van der Waals surface area contributed by atoms with Crippen LogP contribution in [-0.2, 0) is 4.79 Å². The van der Waals surface area contributed by atoms with Crippen molar-refractivity contribution >= 4 is 5.91 Å². The summed E-state index contributed by atoms with van der Waals surface area (Å²) in [5.41, 5.74) is 5.80. The molecule has 0 aliphatic rings. The summed E-state index contributed by atoms with van der Waals surface area (Å²) in [4.78, 5) is 13.5. The first-order valence-corrected chi connectivity index (χ1v) is 5.24. The first-order chi connectivity index (χ1) is 6.21. The molecule has 0 aromatic carbocycles. The summed E-state index contributed by atoms with van der Waals surface area (Å²) >= 11 is 0. The summed E-state index contributed by atoms with van der Waals surface area (Å²) in [7, 11) is 1.83. The van der Waals surface area contributed by atoms with Crippen LogP contribution in [0.25, 0.3) is 0 Å². The second kappa shape index (κ2) is 4.78. The van der Waals surface area contributed by atoms with E-state index in [2.05, 4.69) is 27.7 Å². The maximum atomic E-state index is 11.8. The fraction of sp³-hybridized carbons (Fsp3) is 0.909. The molecule has 0 saturated carbocycles. The molecule has 0 aliphatic carbocycles. The molecular formula is C11H24N2O. The van der Waals surface area contributed by atoms with Gasteiger partial charge >= 0.3 is 0 Å². The van der Waals surface area contributed by atoms with Crippen LogP contribution in [0.2, 0.25) is 0 Å². The normalized spacial score (nSPS) is 16.2. The third-order valence-electron chi connectivity index (χ3n) is 2.94. The van der Waals surface area contributed by atoms with Crippen LogP contribution in [0.1, 0.15) is 41.0 Å². The highest BCUT2D eigenvalue weighted by Gasteiger charge is 2.28. The molecule has 3 heteroatoms. The van der Waals surface area contributed by atoms with Gasteiger partial charge in [-0.15, -0.1) is 0 Å². The predicted octanol–water partition coefficient (Wildman–Crippen LogP) is 1.62. The summed E-state index contributed by atoms with van der Waals surface area (Å²) in [6.07, 6.45) is 0.694. The molecule has 0 radical (unpaired) electrons. The molecule has 2 atom stereocenters. The van der Waals surface area contributed by atoms with E-state index < -0.39 is 0 Å². The van der Waals surface area contributed by atoms with Gasteiger partial charge in [-0.25, -0.2) is 0 Å². The van der Waals surface area contributed by atoms with Crippen molar-refractivity contribution in [2.24, 2.45) is 11.1 Å². The van der Waals surface area contributed by atoms with Gasteiger partial charge in [-0.3, -0.25) is 4.79 Å². The SMILES string of the molecule is CC[C@@H](N)C(=O)N(C)C(C)C(C)(C)C. The maximum absolute atomic E-state index is 11.8. The first-order valence-electron chi connectivity index (χ1n) is 5.24. The molecule has 14 heavy (non-hydrogen) atoms. The minimum absolute atomic E-state index is 0.0370. The molecule has 0 bridgehead atoms. The largest absolute Gasteiger partial charge is 0.341 e. The second-order valence-electron chi connectivity index (χ2n) is 5.01. The highest BCUT2D eigenvalue weighted by molar-refractivity contribution is 5.81. The molecule has 2 N–H and O–H groups in total. The molecule has 1 amide bonds. The molecule has 0 heterocycles. The smallest absolute Gasteiger partial charge is 0.239 e. The summed E-state index contributed by atoms with van der Waals surface area (Å²) in [5.74, 6) is 0.0370. The van der Waals surface area contributed by atoms with Crippen molar-refractivity contribution in [2.45, 2.75) is 53.1 Å². The summed E-state index contributed by atoms with van der Waals surface area (Å²) in [6, 6.07) is -0.155. The van der Waals surface area contributed by atoms with Gasteiger partial charge in [0.15, 0.2) is 0 Å². The Hall–Kier alpha value is -0.570. The Morgan fingerprint density at radius 3 is 2.14 bits per heavy atom. The van der Waals surface area contributed by atoms with Crippen molar-refractivity contribution in [3.8, 4) is 0 Å². The molecule has 0 aromatic heterocycles. The summed E-state index contributed by atoms with van der Waals surface area (Å²) in [5, 5.41) is 0. The Morgan fingerprint density at radius 2 is 1.86 bits per heavy atom. The van der Waals surface area contributed by atoms with Crippen LogP contribution in [0.5, 0.6) is 0 Å². The van der Waals surface area contributed by atoms with Gasteiger partial charge < -0.3 is 10.6 Å². The Labute approximate surface area is 87.6 Å². The molecule has 0 saturated heterocycles. The van der Waals surface area contributed by atoms with Gasteiger partial charge in [0.2, 0.25) is 5.91 Å². The Bertz CT molecular complexity index is 196. The fourth-order valence-corrected chi connectivity index (χ4v) is 1.21. The van der Waals surface area contributed by atoms with E-state index >= 15 is 0 Å². The van der Waals surface area contributed by atoms with Crippen LogP contribution < -0.4 is 5.73 Å². The summed E-state index contributed by atoms with van der Waals surface area (Å²) < 4.78 is 0. The predicted molar refractivity (Wildman–Crippen MR) is 60.0 cm³/mol. The van der Waals surface area contributed by atoms with Crippen molar-refractivity contribution in [3.05, 3.63) is 0 Å². The molecule has 84 valence electrons. The van der Waals surface area contributed by atoms with E-state index in [1.807, 2.05) is 14.0 Å². The summed E-state index contributed by atoms with van der Waals surface area (Å²) in [6.45, 7) is 10.4. The van der Waals surface area contributed by atoms with Crippen molar-refractivity contribution in [1.82, 2.24) is 4.90 Å². The lowest BCUT2D eigenvalue weighted by molar-refractivity contribution is -0.135. The lowest BCUT2D eigenvalue weighted by Crippen LogP contribution is -2.49. The third kappa shape index (κ3) is 3.29. The number of likely N-dealkylation sites (N-methyl/N-ethyl adjacent to an activating group) is 1. The Morgan fingerprint density at radius 1 is 1.43 bits per heavy atom. The molecular weight excluding hydrogens is 176 g/mol. The quantitative estimate of drug-likeness (QED) is 0.752. The van der Waals surface area contributed by atoms with Gasteiger partial charge in [-0.1, -0.05) is 27.7 Å². The van der Waals surface area contributed by atoms with Crippen LogP contribution >= 0.6 is 0 Å². The minimum atomic E-state index is -0.357. The van der Waals surface area contributed by atoms with Crippen molar-refractivity contribution < 1.29 is 4.79 Å². The van der Waals surface area contributed by atoms with E-state index in [4.69, 9.17) is 5.73 Å². The highest BCUT2D eigenvalue weighted by Crippen LogP contribution is 2.23. The lowest BCUT2D eigenvalue weighted by Gasteiger charge is -2.36. The number of amides is 1. The number of hydrogen-bond acceptors (Lipinski definition) is 2. The van der Waals surface area contributed by atoms with Crippen LogP contribution in [0.3, 0.4) is 0 Å². The van der Waals surface area contributed by atoms with Crippen LogP contribution in [0.15, 0.2) is 0 Å². The molecule has 0 aliphatic heterocycles. The Kier molecular flexibility index (Phi) is 4.59. The van der Waals surface area contributed by atoms with Crippen LogP contribution in [-0.4, -0.2) is 29.9 Å². The zero-order valence-corrected chi connectivity index (χ0v) is 10.3. The van der Waals surface area contributed by atoms with Gasteiger partial charge in [0, 0.05) is 13.1 Å². The molecule has 1 unspecified atom stereocenters. The van der Waals surface area contributed by atoms with E-state index in [0.29, 0.717) is 6.42 Å². The molecule has 0 fully saturated rings. The third-order valence-corrected chi connectivity index (χ3v) is 2.94. The van der Waals surface area contributed by atoms with Gasteiger partial charge in [-0.05, 0) is 18.8 Å². The highest BCUT2D eigenvalue weighted by atomic mass is 16.2. The monoisotopic (exact) mass is 200 g/mol. The average Bonchev–Trinajstić information content (AvgIpc) is 2.11. The Balaban J connectivity index is 4.47. The molecule has 0 aromatic rings. The van der Waals surface area contributed by atoms with Crippen LogP contribution in [0, 0.1) is 5.41 Å². The van der Waals surface area contributed by atoms with Gasteiger partial charge in [0.1, 0.15) is 0 Å². The molecule has 0 spiro atoms. The molecule has 3 nitrogen and oxygen atoms in total. The van der Waals surface area contributed by atoms with E-state index in [1.165, 1.54) is 0 Å². The number of rotatable bonds is 3. The maximum Gasteiger partial charge on any atom is 0.239 e. The van der Waals surface area contributed by atoms with Crippen LogP contribution in [0.4, 0.5) is 0 Å². The topological polar surface area (TPSA) is 46.3 Å². The van der Waals surface area contributed by atoms with E-state index in [-0.39, 0.29) is 23.4 Å². The lowest BCUT2D eigenvalue weighted by atomic mass is 9.87. The standard InChI is InChI=1S/C11H24N2O/c1-7-9(12)10(14)13(6)8(2)11(3,4)5/h8-9H,7,12H2,1-6H3/t8?,9-/m1/s1. The van der Waals surface area contributed by atoms with Crippen molar-refractivity contribution in [3.63, 3.8) is 0 Å².